The summed E-state index contributed by atoms with van der Waals surface area (Å²) in [5.41, 5.74) is 0. The van der Waals surface area contributed by atoms with E-state index in [2.05, 4.69) is 31.3 Å². The maximum atomic E-state index is 12.4. The molecule has 0 aliphatic heterocycles. The van der Waals surface area contributed by atoms with Gasteiger partial charge in [-0.25, -0.2) is 0 Å². The highest BCUT2D eigenvalue weighted by Crippen LogP contribution is 2.15. The lowest BCUT2D eigenvalue weighted by molar-refractivity contribution is -0.132. The van der Waals surface area contributed by atoms with Crippen molar-refractivity contribution in [3.63, 3.8) is 0 Å². The smallest absolute Gasteiger partial charge is 0.249 e. The third-order valence-corrected chi connectivity index (χ3v) is 9.23. The summed E-state index contributed by atoms with van der Waals surface area (Å²) >= 11 is 0. The van der Waals surface area contributed by atoms with Crippen LogP contribution in [0.5, 0.6) is 0 Å². The summed E-state index contributed by atoms with van der Waals surface area (Å²) in [5, 5.41) is 43.0. The van der Waals surface area contributed by atoms with E-state index >= 15 is 0 Å². The zero-order valence-electron chi connectivity index (χ0n) is 29.9. The van der Waals surface area contributed by atoms with Gasteiger partial charge in [-0.1, -0.05) is 174 Å². The summed E-state index contributed by atoms with van der Waals surface area (Å²) in [6, 6.07) is -0.979. The molecule has 0 fully saturated rings. The van der Waals surface area contributed by atoms with Crippen molar-refractivity contribution in [2.24, 2.45) is 0 Å². The molecule has 0 bridgehead atoms. The molecule has 0 aromatic rings. The zero-order chi connectivity index (χ0) is 33.2. The van der Waals surface area contributed by atoms with E-state index in [4.69, 9.17) is 0 Å². The van der Waals surface area contributed by atoms with Crippen LogP contribution in [0.2, 0.25) is 0 Å². The van der Waals surface area contributed by atoms with Gasteiger partial charge in [-0.15, -0.1) is 0 Å². The van der Waals surface area contributed by atoms with Crippen LogP contribution in [0.1, 0.15) is 200 Å². The van der Waals surface area contributed by atoms with E-state index in [1.165, 1.54) is 122 Å². The lowest BCUT2D eigenvalue weighted by Crippen LogP contribution is -2.53. The third kappa shape index (κ3) is 29.0. The number of unbranched alkanes of at least 4 members (excludes halogenated alkanes) is 24. The maximum Gasteiger partial charge on any atom is 0.249 e. The van der Waals surface area contributed by atoms with Gasteiger partial charge in [0, 0.05) is 0 Å². The number of rotatable bonds is 35. The molecule has 4 atom stereocenters. The van der Waals surface area contributed by atoms with Crippen molar-refractivity contribution in [3.8, 4) is 0 Å². The lowest BCUT2D eigenvalue weighted by atomic mass is 9.99. The van der Waals surface area contributed by atoms with Crippen LogP contribution >= 0.6 is 0 Å². The minimum atomic E-state index is -1.25. The summed E-state index contributed by atoms with van der Waals surface area (Å²) in [7, 11) is 0. The molecule has 0 aliphatic rings. The molecule has 0 aromatic heterocycles. The van der Waals surface area contributed by atoms with Crippen LogP contribution in [0.25, 0.3) is 0 Å². The average Bonchev–Trinajstić information content (AvgIpc) is 3.04. The van der Waals surface area contributed by atoms with Crippen LogP contribution < -0.4 is 5.32 Å². The molecule has 268 valence electrons. The van der Waals surface area contributed by atoms with Crippen LogP contribution in [0, 0.1) is 0 Å². The Kier molecular flexibility index (Phi) is 33.7. The van der Waals surface area contributed by atoms with Crippen molar-refractivity contribution in [1.29, 1.82) is 0 Å². The predicted molar refractivity (Wildman–Crippen MR) is 191 cm³/mol. The Balaban J connectivity index is 3.60. The largest absolute Gasteiger partial charge is 0.394 e. The van der Waals surface area contributed by atoms with E-state index < -0.39 is 36.9 Å². The number of nitrogens with one attached hydrogen (secondary N) is 1. The molecule has 4 unspecified atom stereocenters. The van der Waals surface area contributed by atoms with Gasteiger partial charge in [0.25, 0.3) is 0 Å². The number of hydrogen-bond acceptors (Lipinski definition) is 5. The Morgan fingerprint density at radius 1 is 0.533 bits per heavy atom. The van der Waals surface area contributed by atoms with E-state index in [-0.39, 0.29) is 0 Å². The maximum absolute atomic E-state index is 12.4. The molecule has 0 aromatic carbocycles. The molecular formula is C39H77NO5. The molecule has 5 N–H and O–H groups in total. The fourth-order valence-electron chi connectivity index (χ4n) is 6.04. The summed E-state index contributed by atoms with van der Waals surface area (Å²) < 4.78 is 0. The number of hydrogen-bond donors (Lipinski definition) is 5. The van der Waals surface area contributed by atoms with Gasteiger partial charge in [-0.2, -0.15) is 0 Å². The molecule has 0 heterocycles. The molecule has 0 saturated carbocycles. The van der Waals surface area contributed by atoms with Gasteiger partial charge in [0.15, 0.2) is 0 Å². The predicted octanol–water partition coefficient (Wildman–Crippen LogP) is 9.46. The third-order valence-electron chi connectivity index (χ3n) is 9.23. The molecule has 0 radical (unpaired) electrons. The SMILES string of the molecule is CCCCCCCCCCCCCC/C=C\CCCCCCCCCCC(O)C(=O)NC(CO)C(O)C(O)CCCCCCC. The number of allylic oxidation sites excluding steroid dienone is 2. The van der Waals surface area contributed by atoms with Crippen molar-refractivity contribution in [3.05, 3.63) is 12.2 Å². The number of carbonyl (C=O) groups is 1. The molecular weight excluding hydrogens is 562 g/mol. The first-order valence-electron chi connectivity index (χ1n) is 19.6. The standard InChI is InChI=1S/C39H77NO5/c1-3-5-7-9-10-11-12-13-14-15-16-17-18-19-20-21-22-23-24-25-26-27-29-31-33-37(43)39(45)40-35(34-41)38(44)36(42)32-30-28-8-6-4-2/h19-20,35-38,41-44H,3-18,21-34H2,1-2H3,(H,40,45)/b20-19-. The first-order valence-corrected chi connectivity index (χ1v) is 19.6. The quantitative estimate of drug-likeness (QED) is 0.0350. The van der Waals surface area contributed by atoms with Gasteiger partial charge in [0.1, 0.15) is 12.2 Å². The van der Waals surface area contributed by atoms with Gasteiger partial charge < -0.3 is 25.7 Å². The second-order valence-corrected chi connectivity index (χ2v) is 13.6. The van der Waals surface area contributed by atoms with Gasteiger partial charge in [-0.3, -0.25) is 4.79 Å². The van der Waals surface area contributed by atoms with E-state index in [1.807, 2.05) is 0 Å². The molecule has 0 saturated heterocycles. The Bertz CT molecular complexity index is 643. The Hall–Kier alpha value is -0.950. The van der Waals surface area contributed by atoms with Crippen LogP contribution in [0.3, 0.4) is 0 Å². The highest BCUT2D eigenvalue weighted by Gasteiger charge is 2.28. The first kappa shape index (κ1) is 44.0. The second kappa shape index (κ2) is 34.4. The van der Waals surface area contributed by atoms with Crippen LogP contribution in [0.15, 0.2) is 12.2 Å². The van der Waals surface area contributed by atoms with E-state index in [0.717, 1.165) is 51.4 Å². The van der Waals surface area contributed by atoms with Gasteiger partial charge in [-0.05, 0) is 38.5 Å². The molecule has 0 aliphatic carbocycles. The monoisotopic (exact) mass is 640 g/mol. The van der Waals surface area contributed by atoms with E-state index in [0.29, 0.717) is 12.8 Å². The van der Waals surface area contributed by atoms with Gasteiger partial charge in [0.05, 0.1) is 18.8 Å². The van der Waals surface area contributed by atoms with Gasteiger partial charge >= 0.3 is 0 Å². The fourth-order valence-corrected chi connectivity index (χ4v) is 6.04. The second-order valence-electron chi connectivity index (χ2n) is 13.6. The highest BCUT2D eigenvalue weighted by molar-refractivity contribution is 5.80. The number of carbonyl (C=O) groups excluding carboxylic acids is 1. The summed E-state index contributed by atoms with van der Waals surface area (Å²) in [4.78, 5) is 12.4. The van der Waals surface area contributed by atoms with Gasteiger partial charge in [0.2, 0.25) is 5.91 Å². The van der Waals surface area contributed by atoms with Crippen molar-refractivity contribution in [2.45, 2.75) is 224 Å². The Labute approximate surface area is 279 Å². The van der Waals surface area contributed by atoms with Crippen LogP contribution in [-0.4, -0.2) is 57.3 Å². The minimum Gasteiger partial charge on any atom is -0.394 e. The lowest BCUT2D eigenvalue weighted by Gasteiger charge is -2.27. The fraction of sp³-hybridized carbons (Fsp3) is 0.923. The summed E-state index contributed by atoms with van der Waals surface area (Å²) in [5.74, 6) is -0.591. The minimum absolute atomic E-state index is 0.367. The van der Waals surface area contributed by atoms with Crippen molar-refractivity contribution < 1.29 is 25.2 Å². The van der Waals surface area contributed by atoms with E-state index in [9.17, 15) is 25.2 Å². The average molecular weight is 640 g/mol. The van der Waals surface area contributed by atoms with Crippen LogP contribution in [0.4, 0.5) is 0 Å². The zero-order valence-corrected chi connectivity index (χ0v) is 29.9. The summed E-state index contributed by atoms with van der Waals surface area (Å²) in [6.07, 6.45) is 35.8. The molecule has 6 nitrogen and oxygen atoms in total. The van der Waals surface area contributed by atoms with Crippen molar-refractivity contribution >= 4 is 5.91 Å². The molecule has 45 heavy (non-hydrogen) atoms. The van der Waals surface area contributed by atoms with E-state index in [1.54, 1.807) is 0 Å². The molecule has 1 amide bonds. The molecule has 0 spiro atoms. The molecule has 6 heteroatoms. The van der Waals surface area contributed by atoms with Crippen molar-refractivity contribution in [2.75, 3.05) is 6.61 Å². The normalized spacial score (nSPS) is 14.5. The first-order chi connectivity index (χ1) is 22.0. The topological polar surface area (TPSA) is 110 Å². The number of amides is 1. The summed E-state index contributed by atoms with van der Waals surface area (Å²) in [6.45, 7) is 3.94. The Morgan fingerprint density at radius 3 is 1.29 bits per heavy atom. The number of aliphatic hydroxyl groups is 4. The highest BCUT2D eigenvalue weighted by atomic mass is 16.3. The molecule has 0 rings (SSSR count). The number of aliphatic hydroxyl groups excluding tert-OH is 4. The Morgan fingerprint density at radius 2 is 0.889 bits per heavy atom. The van der Waals surface area contributed by atoms with Crippen LogP contribution in [-0.2, 0) is 4.79 Å². The van der Waals surface area contributed by atoms with Crippen molar-refractivity contribution in [1.82, 2.24) is 5.32 Å².